The molecule has 0 radical (unpaired) electrons. The topological polar surface area (TPSA) is 55.1 Å². The fourth-order valence-corrected chi connectivity index (χ4v) is 3.93. The van der Waals surface area contributed by atoms with Gasteiger partial charge >= 0.3 is 0 Å². The maximum Gasteiger partial charge on any atom is 0.227 e. The Morgan fingerprint density at radius 2 is 2.15 bits per heavy atom. The van der Waals surface area contributed by atoms with E-state index in [0.29, 0.717) is 12.5 Å². The molecule has 2 aliphatic rings. The standard InChI is InChI=1S/C17H24N2O/c1-12-9-17(10-12,11-18)16(20)19-15-8-4-6-13-5-2-3-7-14(13)15/h2-3,5,7,12,15H,4,6,8-11,18H2,1H3,(H,19,20). The van der Waals surface area contributed by atoms with Gasteiger partial charge in [0.1, 0.15) is 0 Å². The van der Waals surface area contributed by atoms with Crippen molar-refractivity contribution in [2.75, 3.05) is 6.54 Å². The van der Waals surface area contributed by atoms with E-state index < -0.39 is 0 Å². The molecular formula is C17H24N2O. The molecule has 0 aliphatic heterocycles. The van der Waals surface area contributed by atoms with Gasteiger partial charge < -0.3 is 11.1 Å². The smallest absolute Gasteiger partial charge is 0.227 e. The van der Waals surface area contributed by atoms with Crippen molar-refractivity contribution in [1.82, 2.24) is 5.32 Å². The van der Waals surface area contributed by atoms with Crippen LogP contribution >= 0.6 is 0 Å². The summed E-state index contributed by atoms with van der Waals surface area (Å²) in [6, 6.07) is 8.65. The molecule has 3 rings (SSSR count). The zero-order valence-corrected chi connectivity index (χ0v) is 12.2. The second kappa shape index (κ2) is 5.21. The first-order valence-corrected chi connectivity index (χ1v) is 7.73. The van der Waals surface area contributed by atoms with Crippen molar-refractivity contribution in [3.8, 4) is 0 Å². The number of nitrogens with two attached hydrogens (primary N) is 1. The second-order valence-corrected chi connectivity index (χ2v) is 6.61. The van der Waals surface area contributed by atoms with Gasteiger partial charge in [0.25, 0.3) is 0 Å². The van der Waals surface area contributed by atoms with Crippen LogP contribution in [0.2, 0.25) is 0 Å². The lowest BCUT2D eigenvalue weighted by atomic mass is 9.62. The maximum absolute atomic E-state index is 12.6. The normalized spacial score (nSPS) is 32.1. The number of fused-ring (bicyclic) bond motifs is 1. The van der Waals surface area contributed by atoms with Gasteiger partial charge in [-0.1, -0.05) is 31.2 Å². The summed E-state index contributed by atoms with van der Waals surface area (Å²) in [5.41, 5.74) is 8.25. The first-order valence-electron chi connectivity index (χ1n) is 7.73. The van der Waals surface area contributed by atoms with Gasteiger partial charge in [-0.2, -0.15) is 0 Å². The predicted molar refractivity (Wildman–Crippen MR) is 80.1 cm³/mol. The van der Waals surface area contributed by atoms with E-state index in [-0.39, 0.29) is 17.4 Å². The largest absolute Gasteiger partial charge is 0.349 e. The van der Waals surface area contributed by atoms with E-state index in [1.807, 2.05) is 0 Å². The molecule has 108 valence electrons. The Bertz CT molecular complexity index is 505. The molecule has 0 aromatic heterocycles. The monoisotopic (exact) mass is 272 g/mol. The van der Waals surface area contributed by atoms with Crippen LogP contribution in [0.3, 0.4) is 0 Å². The predicted octanol–water partition coefficient (Wildman–Crippen LogP) is 2.56. The Labute approximate surface area is 120 Å². The SMILES string of the molecule is CC1CC(CN)(C(=O)NC2CCCc3ccccc32)C1. The van der Waals surface area contributed by atoms with E-state index in [1.165, 1.54) is 11.1 Å². The van der Waals surface area contributed by atoms with Crippen LogP contribution in [-0.4, -0.2) is 12.5 Å². The molecule has 1 saturated carbocycles. The highest BCUT2D eigenvalue weighted by molar-refractivity contribution is 5.84. The Morgan fingerprint density at radius 3 is 2.85 bits per heavy atom. The number of nitrogens with one attached hydrogen (secondary N) is 1. The molecule has 1 amide bonds. The lowest BCUT2D eigenvalue weighted by molar-refractivity contribution is -0.139. The van der Waals surface area contributed by atoms with Crippen LogP contribution in [0.25, 0.3) is 0 Å². The molecule has 2 aliphatic carbocycles. The van der Waals surface area contributed by atoms with Crippen molar-refractivity contribution >= 4 is 5.91 Å². The molecule has 1 fully saturated rings. The molecule has 20 heavy (non-hydrogen) atoms. The zero-order chi connectivity index (χ0) is 14.2. The second-order valence-electron chi connectivity index (χ2n) is 6.61. The van der Waals surface area contributed by atoms with E-state index in [2.05, 4.69) is 36.5 Å². The number of carbonyl (C=O) groups excluding carboxylic acids is 1. The minimum Gasteiger partial charge on any atom is -0.349 e. The molecule has 0 bridgehead atoms. The molecule has 1 aromatic carbocycles. The summed E-state index contributed by atoms with van der Waals surface area (Å²) >= 11 is 0. The average Bonchev–Trinajstić information content (AvgIpc) is 2.44. The van der Waals surface area contributed by atoms with E-state index >= 15 is 0 Å². The Balaban J connectivity index is 1.74. The number of benzene rings is 1. The fraction of sp³-hybridized carbons (Fsp3) is 0.588. The van der Waals surface area contributed by atoms with Gasteiger partial charge in [-0.25, -0.2) is 0 Å². The van der Waals surface area contributed by atoms with E-state index in [4.69, 9.17) is 5.73 Å². The van der Waals surface area contributed by atoms with E-state index in [0.717, 1.165) is 32.1 Å². The van der Waals surface area contributed by atoms with Crippen molar-refractivity contribution in [1.29, 1.82) is 0 Å². The molecule has 1 aromatic rings. The number of aryl methyl sites for hydroxylation is 1. The minimum atomic E-state index is -0.300. The lowest BCUT2D eigenvalue weighted by Gasteiger charge is -2.45. The number of hydrogen-bond acceptors (Lipinski definition) is 2. The molecule has 3 heteroatoms. The first-order chi connectivity index (χ1) is 9.64. The molecule has 0 saturated heterocycles. The highest BCUT2D eigenvalue weighted by atomic mass is 16.2. The van der Waals surface area contributed by atoms with Crippen LogP contribution in [0.4, 0.5) is 0 Å². The van der Waals surface area contributed by atoms with Gasteiger partial charge in [0.15, 0.2) is 0 Å². The van der Waals surface area contributed by atoms with Gasteiger partial charge in [0.05, 0.1) is 11.5 Å². The Kier molecular flexibility index (Phi) is 3.55. The van der Waals surface area contributed by atoms with Gasteiger partial charge in [-0.3, -0.25) is 4.79 Å². The minimum absolute atomic E-state index is 0.166. The summed E-state index contributed by atoms with van der Waals surface area (Å²) < 4.78 is 0. The van der Waals surface area contributed by atoms with E-state index in [1.54, 1.807) is 0 Å². The molecule has 1 unspecified atom stereocenters. The summed E-state index contributed by atoms with van der Waals surface area (Å²) in [6.45, 7) is 2.66. The molecule has 1 atom stereocenters. The van der Waals surface area contributed by atoms with Crippen molar-refractivity contribution in [2.45, 2.75) is 45.1 Å². The molecule has 3 nitrogen and oxygen atoms in total. The highest BCUT2D eigenvalue weighted by Crippen LogP contribution is 2.45. The maximum atomic E-state index is 12.6. The summed E-state index contributed by atoms with van der Waals surface area (Å²) in [5.74, 6) is 0.794. The average molecular weight is 272 g/mol. The molecule has 3 N–H and O–H groups in total. The summed E-state index contributed by atoms with van der Waals surface area (Å²) in [7, 11) is 0. The molecule has 0 heterocycles. The highest BCUT2D eigenvalue weighted by Gasteiger charge is 2.47. The molecule has 0 spiro atoms. The summed E-state index contributed by atoms with van der Waals surface area (Å²) in [6.07, 6.45) is 5.18. The number of rotatable bonds is 3. The quantitative estimate of drug-likeness (QED) is 0.888. The number of amides is 1. The van der Waals surface area contributed by atoms with Crippen LogP contribution in [-0.2, 0) is 11.2 Å². The Hall–Kier alpha value is -1.35. The van der Waals surface area contributed by atoms with Crippen molar-refractivity contribution < 1.29 is 4.79 Å². The zero-order valence-electron chi connectivity index (χ0n) is 12.2. The van der Waals surface area contributed by atoms with Crippen LogP contribution in [0, 0.1) is 11.3 Å². The third-order valence-corrected chi connectivity index (χ3v) is 5.03. The van der Waals surface area contributed by atoms with Crippen molar-refractivity contribution in [2.24, 2.45) is 17.1 Å². The summed E-state index contributed by atoms with van der Waals surface area (Å²) in [5, 5.41) is 3.27. The number of carbonyl (C=O) groups is 1. The molecular weight excluding hydrogens is 248 g/mol. The van der Waals surface area contributed by atoms with Crippen molar-refractivity contribution in [3.05, 3.63) is 35.4 Å². The van der Waals surface area contributed by atoms with Crippen LogP contribution in [0.15, 0.2) is 24.3 Å². The lowest BCUT2D eigenvalue weighted by Crippen LogP contribution is -2.54. The Morgan fingerprint density at radius 1 is 1.40 bits per heavy atom. The van der Waals surface area contributed by atoms with Crippen molar-refractivity contribution in [3.63, 3.8) is 0 Å². The van der Waals surface area contributed by atoms with Crippen LogP contribution in [0.1, 0.15) is 49.8 Å². The third kappa shape index (κ3) is 2.24. The van der Waals surface area contributed by atoms with E-state index in [9.17, 15) is 4.79 Å². The van der Waals surface area contributed by atoms with Gasteiger partial charge in [-0.15, -0.1) is 0 Å². The third-order valence-electron chi connectivity index (χ3n) is 5.03. The first kappa shape index (κ1) is 13.6. The number of hydrogen-bond donors (Lipinski definition) is 2. The summed E-state index contributed by atoms with van der Waals surface area (Å²) in [4.78, 5) is 12.6. The van der Waals surface area contributed by atoms with Crippen LogP contribution < -0.4 is 11.1 Å². The van der Waals surface area contributed by atoms with Crippen LogP contribution in [0.5, 0.6) is 0 Å². The fourth-order valence-electron chi connectivity index (χ4n) is 3.93. The van der Waals surface area contributed by atoms with Gasteiger partial charge in [0.2, 0.25) is 5.91 Å². The van der Waals surface area contributed by atoms with Gasteiger partial charge in [-0.05, 0) is 49.1 Å². The van der Waals surface area contributed by atoms with Gasteiger partial charge in [0, 0.05) is 6.54 Å².